The van der Waals surface area contributed by atoms with E-state index in [1.165, 1.54) is 0 Å². The average Bonchev–Trinajstić information content (AvgIpc) is 2.75. The van der Waals surface area contributed by atoms with Gasteiger partial charge in [-0.1, -0.05) is 42.1 Å². The van der Waals surface area contributed by atoms with Crippen molar-refractivity contribution in [2.45, 2.75) is 9.79 Å². The number of ether oxygens (including phenoxy) is 2. The van der Waals surface area contributed by atoms with E-state index in [0.29, 0.717) is 11.5 Å². The fourth-order valence-corrected chi connectivity index (χ4v) is 4.20. The first-order valence-corrected chi connectivity index (χ1v) is 9.63. The van der Waals surface area contributed by atoms with E-state index in [4.69, 9.17) is 9.47 Å². The number of hydrogen-bond donors (Lipinski definition) is 0. The van der Waals surface area contributed by atoms with Crippen molar-refractivity contribution in [3.05, 3.63) is 78.4 Å². The summed E-state index contributed by atoms with van der Waals surface area (Å²) in [4.78, 5) is 17.0. The fourth-order valence-electron chi connectivity index (χ4n) is 3.14. The molecule has 28 heavy (non-hydrogen) atoms. The van der Waals surface area contributed by atoms with E-state index in [1.807, 2.05) is 66.7 Å². The van der Waals surface area contributed by atoms with E-state index in [0.717, 1.165) is 26.7 Å². The Morgan fingerprint density at radius 2 is 1.46 bits per heavy atom. The molecule has 0 bridgehead atoms. The highest BCUT2D eigenvalue weighted by atomic mass is 32.2. The van der Waals surface area contributed by atoms with Crippen LogP contribution in [-0.4, -0.2) is 20.1 Å². The summed E-state index contributed by atoms with van der Waals surface area (Å²) < 4.78 is 10.6. The number of amides is 1. The SMILES string of the molecule is COc1ccc(/C=C\C(=O)N2c3ccccc3Sc3ccccc32)cc1OC. The highest BCUT2D eigenvalue weighted by Gasteiger charge is 2.26. The van der Waals surface area contributed by atoms with Gasteiger partial charge >= 0.3 is 0 Å². The summed E-state index contributed by atoms with van der Waals surface area (Å²) in [7, 11) is 3.19. The molecule has 1 heterocycles. The molecule has 3 aromatic carbocycles. The maximum Gasteiger partial charge on any atom is 0.255 e. The Kier molecular flexibility index (Phi) is 5.08. The highest BCUT2D eigenvalue weighted by Crippen LogP contribution is 2.47. The molecule has 0 saturated carbocycles. The quantitative estimate of drug-likeness (QED) is 0.549. The minimum Gasteiger partial charge on any atom is -0.493 e. The molecule has 0 radical (unpaired) electrons. The van der Waals surface area contributed by atoms with Gasteiger partial charge in [-0.2, -0.15) is 0 Å². The van der Waals surface area contributed by atoms with Crippen LogP contribution in [0.25, 0.3) is 6.08 Å². The van der Waals surface area contributed by atoms with Gasteiger partial charge in [-0.25, -0.2) is 0 Å². The lowest BCUT2D eigenvalue weighted by molar-refractivity contribution is -0.113. The molecule has 4 nitrogen and oxygen atoms in total. The van der Waals surface area contributed by atoms with Gasteiger partial charge in [-0.3, -0.25) is 9.69 Å². The summed E-state index contributed by atoms with van der Waals surface area (Å²) >= 11 is 1.68. The van der Waals surface area contributed by atoms with Crippen molar-refractivity contribution in [1.29, 1.82) is 0 Å². The Labute approximate surface area is 168 Å². The molecule has 5 heteroatoms. The molecular formula is C23H19NO3S. The van der Waals surface area contributed by atoms with E-state index in [9.17, 15) is 4.79 Å². The predicted molar refractivity (Wildman–Crippen MR) is 113 cm³/mol. The van der Waals surface area contributed by atoms with E-state index in [2.05, 4.69) is 0 Å². The van der Waals surface area contributed by atoms with Crippen molar-refractivity contribution >= 4 is 35.1 Å². The predicted octanol–water partition coefficient (Wildman–Crippen LogP) is 5.55. The zero-order valence-electron chi connectivity index (χ0n) is 15.6. The summed E-state index contributed by atoms with van der Waals surface area (Å²) in [6.07, 6.45) is 3.38. The second-order valence-electron chi connectivity index (χ2n) is 6.16. The number of carbonyl (C=O) groups excluding carboxylic acids is 1. The van der Waals surface area contributed by atoms with E-state index >= 15 is 0 Å². The van der Waals surface area contributed by atoms with Crippen LogP contribution in [0.4, 0.5) is 11.4 Å². The third-order valence-electron chi connectivity index (χ3n) is 4.48. The molecule has 140 valence electrons. The Bertz CT molecular complexity index is 1020. The molecule has 0 spiro atoms. The van der Waals surface area contributed by atoms with Crippen molar-refractivity contribution in [1.82, 2.24) is 0 Å². The molecular weight excluding hydrogens is 370 g/mol. The van der Waals surface area contributed by atoms with Crippen molar-refractivity contribution in [2.75, 3.05) is 19.1 Å². The first-order valence-electron chi connectivity index (χ1n) is 8.81. The zero-order chi connectivity index (χ0) is 19.5. The maximum absolute atomic E-state index is 13.1. The summed E-state index contributed by atoms with van der Waals surface area (Å²) in [6, 6.07) is 21.4. The number of para-hydroxylation sites is 2. The molecule has 0 aliphatic carbocycles. The number of nitrogens with zero attached hydrogens (tertiary/aromatic N) is 1. The normalized spacial score (nSPS) is 12.4. The molecule has 0 atom stereocenters. The molecule has 3 aromatic rings. The lowest BCUT2D eigenvalue weighted by atomic mass is 10.1. The molecule has 1 aliphatic rings. The first-order chi connectivity index (χ1) is 13.7. The first kappa shape index (κ1) is 18.2. The van der Waals surface area contributed by atoms with Gasteiger partial charge in [0.05, 0.1) is 25.6 Å². The number of anilines is 2. The number of benzene rings is 3. The molecule has 0 unspecified atom stereocenters. The molecule has 0 aromatic heterocycles. The molecule has 1 amide bonds. The smallest absolute Gasteiger partial charge is 0.255 e. The lowest BCUT2D eigenvalue weighted by Crippen LogP contribution is -2.26. The van der Waals surface area contributed by atoms with Crippen molar-refractivity contribution in [3.63, 3.8) is 0 Å². The van der Waals surface area contributed by atoms with Crippen LogP contribution in [-0.2, 0) is 4.79 Å². The van der Waals surface area contributed by atoms with Crippen LogP contribution < -0.4 is 14.4 Å². The van der Waals surface area contributed by atoms with Crippen molar-refractivity contribution in [3.8, 4) is 11.5 Å². The third-order valence-corrected chi connectivity index (χ3v) is 5.61. The van der Waals surface area contributed by atoms with Gasteiger partial charge in [-0.15, -0.1) is 0 Å². The van der Waals surface area contributed by atoms with Crippen LogP contribution in [0.15, 0.2) is 82.6 Å². The monoisotopic (exact) mass is 389 g/mol. The molecule has 1 aliphatic heterocycles. The minimum atomic E-state index is -0.102. The lowest BCUT2D eigenvalue weighted by Gasteiger charge is -2.30. The Morgan fingerprint density at radius 3 is 2.07 bits per heavy atom. The number of methoxy groups -OCH3 is 2. The van der Waals surface area contributed by atoms with Gasteiger partial charge in [0.15, 0.2) is 11.5 Å². The number of hydrogen-bond acceptors (Lipinski definition) is 4. The van der Waals surface area contributed by atoms with Gasteiger partial charge in [0, 0.05) is 15.9 Å². The maximum atomic E-state index is 13.1. The van der Waals surface area contributed by atoms with Crippen molar-refractivity contribution in [2.24, 2.45) is 0 Å². The number of fused-ring (bicyclic) bond motifs is 2. The largest absolute Gasteiger partial charge is 0.493 e. The minimum absolute atomic E-state index is 0.102. The zero-order valence-corrected chi connectivity index (χ0v) is 16.4. The van der Waals surface area contributed by atoms with Crippen molar-refractivity contribution < 1.29 is 14.3 Å². The third kappa shape index (κ3) is 3.37. The number of rotatable bonds is 4. The highest BCUT2D eigenvalue weighted by molar-refractivity contribution is 7.99. The topological polar surface area (TPSA) is 38.8 Å². The summed E-state index contributed by atoms with van der Waals surface area (Å²) in [5, 5.41) is 0. The van der Waals surface area contributed by atoms with Gasteiger partial charge in [0.1, 0.15) is 0 Å². The van der Waals surface area contributed by atoms with Gasteiger partial charge in [0.25, 0.3) is 5.91 Å². The molecule has 0 fully saturated rings. The van der Waals surface area contributed by atoms with E-state index in [1.54, 1.807) is 43.0 Å². The summed E-state index contributed by atoms with van der Waals surface area (Å²) in [6.45, 7) is 0. The van der Waals surface area contributed by atoms with Gasteiger partial charge < -0.3 is 9.47 Å². The van der Waals surface area contributed by atoms with Crippen LogP contribution >= 0.6 is 11.8 Å². The van der Waals surface area contributed by atoms with Gasteiger partial charge in [-0.05, 0) is 48.0 Å². The van der Waals surface area contributed by atoms with Gasteiger partial charge in [0.2, 0.25) is 0 Å². The van der Waals surface area contributed by atoms with Crippen LogP contribution in [0.5, 0.6) is 11.5 Å². The molecule has 0 N–H and O–H groups in total. The second-order valence-corrected chi connectivity index (χ2v) is 7.24. The Hall–Kier alpha value is -3.18. The fraction of sp³-hybridized carbons (Fsp3) is 0.0870. The standard InChI is InChI=1S/C23H19NO3S/c1-26-19-13-11-16(15-20(19)27-2)12-14-23(25)24-17-7-3-5-9-21(17)28-22-10-6-4-8-18(22)24/h3-15H,1-2H3/b14-12-. The summed E-state index contributed by atoms with van der Waals surface area (Å²) in [5.41, 5.74) is 2.65. The van der Waals surface area contributed by atoms with E-state index < -0.39 is 0 Å². The van der Waals surface area contributed by atoms with E-state index in [-0.39, 0.29) is 5.91 Å². The van der Waals surface area contributed by atoms with Crippen LogP contribution in [0.1, 0.15) is 5.56 Å². The molecule has 4 rings (SSSR count). The number of carbonyl (C=O) groups is 1. The van der Waals surface area contributed by atoms with Crippen LogP contribution in [0.3, 0.4) is 0 Å². The van der Waals surface area contributed by atoms with Crippen LogP contribution in [0, 0.1) is 0 Å². The average molecular weight is 389 g/mol. The van der Waals surface area contributed by atoms with Crippen LogP contribution in [0.2, 0.25) is 0 Å². The summed E-state index contributed by atoms with van der Waals surface area (Å²) in [5.74, 6) is 1.18. The Morgan fingerprint density at radius 1 is 0.857 bits per heavy atom. The Balaban J connectivity index is 1.68. The second kappa shape index (κ2) is 7.82. The molecule has 0 saturated heterocycles.